The van der Waals surface area contributed by atoms with E-state index >= 15 is 0 Å². The Morgan fingerprint density at radius 1 is 0.333 bits per heavy atom. The first kappa shape index (κ1) is 68.8. The van der Waals surface area contributed by atoms with E-state index in [0.29, 0.717) is 25.5 Å². The quantitative estimate of drug-likeness (QED) is 0.0444. The Morgan fingerprint density at radius 2 is 0.639 bits per heavy atom. The summed E-state index contributed by atoms with van der Waals surface area (Å²) in [6.45, 7) is 26.4. The number of ether oxygens (including phenoxy) is 1. The molecule has 1 aliphatic heterocycles. The van der Waals surface area contributed by atoms with Gasteiger partial charge < -0.3 is 19.4 Å². The summed E-state index contributed by atoms with van der Waals surface area (Å²) in [4.78, 5) is 39.3. The molecule has 0 saturated carbocycles. The highest BCUT2D eigenvalue weighted by atomic mass is 16.5. The summed E-state index contributed by atoms with van der Waals surface area (Å²) >= 11 is 0. The van der Waals surface area contributed by atoms with Crippen LogP contribution in [-0.2, 0) is 14.3 Å². The third kappa shape index (κ3) is 45.0. The lowest BCUT2D eigenvalue weighted by Crippen LogP contribution is -2.52. The maximum Gasteiger partial charge on any atom is 0.305 e. The summed E-state index contributed by atoms with van der Waals surface area (Å²) in [6.07, 6.45) is 54.7. The maximum absolute atomic E-state index is 14.1. The van der Waals surface area contributed by atoms with Gasteiger partial charge in [0.15, 0.2) is 0 Å². The molecule has 1 aliphatic rings. The SMILES string of the molecule is CCCCCCCCCCCCCCN(CCCCCC(=O)OCCCCCCC)CCN1CCN(C(=O)CN(CCCCCCCCC)CCN(CCCCCCCCC)CCCCCCCCC)CC1. The van der Waals surface area contributed by atoms with Gasteiger partial charge in [0.05, 0.1) is 13.2 Å². The first-order valence-electron chi connectivity index (χ1n) is 32.8. The number of hydrogen-bond acceptors (Lipinski definition) is 7. The highest BCUT2D eigenvalue weighted by Gasteiger charge is 2.23. The minimum absolute atomic E-state index is 0.00727. The summed E-state index contributed by atoms with van der Waals surface area (Å²) in [5.41, 5.74) is 0. The van der Waals surface area contributed by atoms with Gasteiger partial charge in [-0.3, -0.25) is 19.4 Å². The van der Waals surface area contributed by atoms with Gasteiger partial charge in [-0.2, -0.15) is 0 Å². The number of amides is 1. The molecule has 0 atom stereocenters. The van der Waals surface area contributed by atoms with Crippen molar-refractivity contribution >= 4 is 11.9 Å². The van der Waals surface area contributed by atoms with Crippen LogP contribution in [0, 0.1) is 0 Å². The molecular weight excluding hydrogens is 887 g/mol. The van der Waals surface area contributed by atoms with Crippen molar-refractivity contribution < 1.29 is 14.3 Å². The van der Waals surface area contributed by atoms with Crippen LogP contribution in [0.15, 0.2) is 0 Å². The zero-order valence-corrected chi connectivity index (χ0v) is 49.8. The summed E-state index contributed by atoms with van der Waals surface area (Å²) in [5, 5.41) is 0. The number of carbonyl (C=O) groups excluding carboxylic acids is 2. The number of esters is 1. The van der Waals surface area contributed by atoms with Gasteiger partial charge in [0.1, 0.15) is 0 Å². The number of nitrogens with zero attached hydrogens (tertiary/aromatic N) is 5. The Morgan fingerprint density at radius 3 is 1.03 bits per heavy atom. The van der Waals surface area contributed by atoms with Crippen LogP contribution in [-0.4, -0.2) is 135 Å². The average Bonchev–Trinajstić information content (AvgIpc) is 3.39. The van der Waals surface area contributed by atoms with Crippen molar-refractivity contribution in [3.05, 3.63) is 0 Å². The number of hydrogen-bond donors (Lipinski definition) is 0. The topological polar surface area (TPSA) is 59.6 Å². The van der Waals surface area contributed by atoms with Crippen molar-refractivity contribution in [3.8, 4) is 0 Å². The highest BCUT2D eigenvalue weighted by Crippen LogP contribution is 2.16. The van der Waals surface area contributed by atoms with Crippen molar-refractivity contribution in [2.45, 2.75) is 304 Å². The van der Waals surface area contributed by atoms with Crippen LogP contribution >= 0.6 is 0 Å². The summed E-state index contributed by atoms with van der Waals surface area (Å²) in [6, 6.07) is 0. The lowest BCUT2D eigenvalue weighted by atomic mass is 10.1. The molecule has 0 unspecified atom stereocenters. The molecule has 0 aromatic rings. The number of unbranched alkanes of at least 4 members (excludes halogenated alkanes) is 35. The van der Waals surface area contributed by atoms with Crippen LogP contribution in [0.25, 0.3) is 0 Å². The Kier molecular flexibility index (Phi) is 52.1. The highest BCUT2D eigenvalue weighted by molar-refractivity contribution is 5.78. The maximum atomic E-state index is 14.1. The molecule has 0 bridgehead atoms. The van der Waals surface area contributed by atoms with E-state index < -0.39 is 0 Å². The van der Waals surface area contributed by atoms with Gasteiger partial charge in [-0.15, -0.1) is 0 Å². The summed E-state index contributed by atoms with van der Waals surface area (Å²) < 4.78 is 5.54. The van der Waals surface area contributed by atoms with Crippen LogP contribution in [0.4, 0.5) is 0 Å². The smallest absolute Gasteiger partial charge is 0.305 e. The fourth-order valence-corrected chi connectivity index (χ4v) is 10.8. The third-order valence-electron chi connectivity index (χ3n) is 16.0. The molecule has 72 heavy (non-hydrogen) atoms. The largest absolute Gasteiger partial charge is 0.466 e. The van der Waals surface area contributed by atoms with Gasteiger partial charge in [0.25, 0.3) is 0 Å². The lowest BCUT2D eigenvalue weighted by Gasteiger charge is -2.37. The molecule has 8 heteroatoms. The van der Waals surface area contributed by atoms with Crippen LogP contribution < -0.4 is 0 Å². The Balaban J connectivity index is 2.72. The molecule has 0 aromatic carbocycles. The first-order chi connectivity index (χ1) is 35.5. The number of rotatable bonds is 57. The molecule has 1 fully saturated rings. The average molecular weight is 1020 g/mol. The summed E-state index contributed by atoms with van der Waals surface area (Å²) in [7, 11) is 0. The van der Waals surface area contributed by atoms with E-state index in [1.54, 1.807) is 0 Å². The van der Waals surface area contributed by atoms with Gasteiger partial charge in [-0.1, -0.05) is 253 Å². The van der Waals surface area contributed by atoms with Crippen LogP contribution in [0.2, 0.25) is 0 Å². The second kappa shape index (κ2) is 54.6. The van der Waals surface area contributed by atoms with Gasteiger partial charge in [-0.25, -0.2) is 0 Å². The lowest BCUT2D eigenvalue weighted by molar-refractivity contribution is -0.144. The van der Waals surface area contributed by atoms with Crippen LogP contribution in [0.3, 0.4) is 0 Å². The molecular formula is C64H129N5O3. The third-order valence-corrected chi connectivity index (χ3v) is 16.0. The van der Waals surface area contributed by atoms with E-state index in [9.17, 15) is 9.59 Å². The van der Waals surface area contributed by atoms with Crippen molar-refractivity contribution in [2.24, 2.45) is 0 Å². The predicted octanol–water partition coefficient (Wildman–Crippen LogP) is 17.1. The predicted molar refractivity (Wildman–Crippen MR) is 316 cm³/mol. The van der Waals surface area contributed by atoms with Crippen molar-refractivity contribution in [1.82, 2.24) is 24.5 Å². The fraction of sp³-hybridized carbons (Fsp3) is 0.969. The minimum Gasteiger partial charge on any atom is -0.466 e. The zero-order valence-electron chi connectivity index (χ0n) is 49.8. The van der Waals surface area contributed by atoms with Gasteiger partial charge in [-0.05, 0) is 77.7 Å². The summed E-state index contributed by atoms with van der Waals surface area (Å²) in [5.74, 6) is 0.347. The van der Waals surface area contributed by atoms with Crippen LogP contribution in [0.5, 0.6) is 0 Å². The standard InChI is InChI=1S/C64H129N5O3/c1-6-11-16-21-25-26-27-28-29-33-36-43-48-65(51-45-39-40-47-64(71)72-61-46-38-20-15-10-5)53-54-67-57-59-69(60-58-67)63(70)62-68(52-44-37-32-24-19-14-9-4)56-55-66(49-41-34-30-22-17-12-7-2)50-42-35-31-23-18-13-8-3/h6-62H2,1-5H3. The molecule has 1 saturated heterocycles. The van der Waals surface area contributed by atoms with E-state index in [2.05, 4.69) is 59.1 Å². The molecule has 0 N–H and O–H groups in total. The Hall–Kier alpha value is -1.22. The van der Waals surface area contributed by atoms with Gasteiger partial charge in [0, 0.05) is 58.8 Å². The minimum atomic E-state index is -0.00727. The fourth-order valence-electron chi connectivity index (χ4n) is 10.8. The van der Waals surface area contributed by atoms with Crippen molar-refractivity contribution in [2.75, 3.05) is 98.2 Å². The Bertz CT molecular complexity index is 1100. The normalized spacial score (nSPS) is 13.4. The van der Waals surface area contributed by atoms with Gasteiger partial charge >= 0.3 is 5.97 Å². The zero-order chi connectivity index (χ0) is 52.1. The van der Waals surface area contributed by atoms with E-state index in [-0.39, 0.29) is 5.97 Å². The number of carbonyl (C=O) groups is 2. The van der Waals surface area contributed by atoms with E-state index in [4.69, 9.17) is 4.74 Å². The number of piperazine rings is 1. The van der Waals surface area contributed by atoms with E-state index in [0.717, 1.165) is 91.1 Å². The second-order valence-corrected chi connectivity index (χ2v) is 22.9. The van der Waals surface area contributed by atoms with Crippen LogP contribution in [0.1, 0.15) is 304 Å². The Labute approximate surface area is 451 Å². The van der Waals surface area contributed by atoms with Crippen molar-refractivity contribution in [3.63, 3.8) is 0 Å². The molecule has 1 amide bonds. The van der Waals surface area contributed by atoms with E-state index in [1.807, 2.05) is 0 Å². The monoisotopic (exact) mass is 1020 g/mol. The molecule has 0 aromatic heterocycles. The molecule has 0 radical (unpaired) electrons. The van der Waals surface area contributed by atoms with Gasteiger partial charge in [0.2, 0.25) is 5.91 Å². The molecule has 0 aliphatic carbocycles. The second-order valence-electron chi connectivity index (χ2n) is 22.9. The molecule has 428 valence electrons. The molecule has 1 heterocycles. The molecule has 8 nitrogen and oxygen atoms in total. The first-order valence-corrected chi connectivity index (χ1v) is 32.8. The molecule has 0 spiro atoms. The van der Waals surface area contributed by atoms with E-state index in [1.165, 1.54) is 257 Å². The van der Waals surface area contributed by atoms with Crippen molar-refractivity contribution in [1.29, 1.82) is 0 Å². The molecule has 1 rings (SSSR count).